The van der Waals surface area contributed by atoms with E-state index in [-0.39, 0.29) is 17.9 Å². The average Bonchev–Trinajstić information content (AvgIpc) is 2.28. The van der Waals surface area contributed by atoms with Crippen LogP contribution in [0.1, 0.15) is 12.0 Å². The van der Waals surface area contributed by atoms with Crippen LogP contribution in [0.25, 0.3) is 0 Å². The molecule has 0 radical (unpaired) electrons. The number of benzene rings is 1. The lowest BCUT2D eigenvalue weighted by Gasteiger charge is -2.08. The minimum atomic E-state index is -0.557. The number of hydrogen-bond donors (Lipinski definition) is 1. The van der Waals surface area contributed by atoms with Crippen LogP contribution in [0.2, 0.25) is 0 Å². The summed E-state index contributed by atoms with van der Waals surface area (Å²) in [6.07, 6.45) is 0.793. The lowest BCUT2D eigenvalue weighted by Crippen LogP contribution is -2.16. The van der Waals surface area contributed by atoms with E-state index in [9.17, 15) is 8.78 Å². The summed E-state index contributed by atoms with van der Waals surface area (Å²) < 4.78 is 31.3. The highest BCUT2D eigenvalue weighted by Gasteiger charge is 2.09. The molecule has 90 valence electrons. The van der Waals surface area contributed by atoms with Crippen LogP contribution in [-0.4, -0.2) is 19.5 Å². The van der Waals surface area contributed by atoms with E-state index in [2.05, 4.69) is 10.1 Å². The Morgan fingerprint density at radius 2 is 2.06 bits per heavy atom. The fourth-order valence-electron chi connectivity index (χ4n) is 1.28. The first-order valence-corrected chi connectivity index (χ1v) is 5.51. The van der Waals surface area contributed by atoms with Gasteiger partial charge in [0, 0.05) is 24.1 Å². The summed E-state index contributed by atoms with van der Waals surface area (Å²) in [6, 6.07) is 2.19. The number of rotatable bonds is 6. The molecule has 1 N–H and O–H groups in total. The highest BCUT2D eigenvalue weighted by Crippen LogP contribution is 2.20. The van der Waals surface area contributed by atoms with Gasteiger partial charge in [-0.3, -0.25) is 0 Å². The zero-order valence-electron chi connectivity index (χ0n) is 9.03. The molecule has 0 heterocycles. The first-order chi connectivity index (χ1) is 7.69. The van der Waals surface area contributed by atoms with Gasteiger partial charge in [0.1, 0.15) is 5.82 Å². The molecule has 1 aromatic rings. The lowest BCUT2D eigenvalue weighted by atomic mass is 10.2. The predicted molar refractivity (Wildman–Crippen MR) is 60.0 cm³/mol. The minimum Gasteiger partial charge on any atom is -0.494 e. The van der Waals surface area contributed by atoms with Gasteiger partial charge in [-0.25, -0.2) is 8.78 Å². The molecule has 0 unspecified atom stereocenters. The standard InChI is InChI=1S/C11H14ClF2NO/c1-16-11-6-9(13)8(5-10(11)14)7-15-4-2-3-12/h5-6,15H,2-4,7H2,1H3. The highest BCUT2D eigenvalue weighted by atomic mass is 35.5. The smallest absolute Gasteiger partial charge is 0.165 e. The summed E-state index contributed by atoms with van der Waals surface area (Å²) in [7, 11) is 1.30. The van der Waals surface area contributed by atoms with Gasteiger partial charge in [-0.1, -0.05) is 0 Å². The molecule has 0 saturated carbocycles. The normalized spacial score (nSPS) is 10.5. The third-order valence-corrected chi connectivity index (χ3v) is 2.39. The van der Waals surface area contributed by atoms with Crippen LogP contribution in [0, 0.1) is 11.6 Å². The molecule has 0 saturated heterocycles. The van der Waals surface area contributed by atoms with Crippen LogP contribution < -0.4 is 10.1 Å². The van der Waals surface area contributed by atoms with Crippen molar-refractivity contribution in [3.63, 3.8) is 0 Å². The number of hydrogen-bond acceptors (Lipinski definition) is 2. The SMILES string of the molecule is COc1cc(F)c(CNCCCCl)cc1F. The Morgan fingerprint density at radius 3 is 2.69 bits per heavy atom. The Labute approximate surface area is 98.6 Å². The monoisotopic (exact) mass is 249 g/mol. The summed E-state index contributed by atoms with van der Waals surface area (Å²) >= 11 is 5.49. The molecule has 0 aromatic heterocycles. The van der Waals surface area contributed by atoms with Gasteiger partial charge in [0.2, 0.25) is 0 Å². The Morgan fingerprint density at radius 1 is 1.31 bits per heavy atom. The maximum atomic E-state index is 13.4. The second-order valence-electron chi connectivity index (χ2n) is 3.30. The van der Waals surface area contributed by atoms with Crippen molar-refractivity contribution in [3.8, 4) is 5.75 Å². The van der Waals surface area contributed by atoms with E-state index in [1.54, 1.807) is 0 Å². The third kappa shape index (κ3) is 3.61. The predicted octanol–water partition coefficient (Wildman–Crippen LogP) is 2.69. The molecule has 1 aromatic carbocycles. The number of alkyl halides is 1. The summed E-state index contributed by atoms with van der Waals surface area (Å²) in [6.45, 7) is 0.959. The second-order valence-corrected chi connectivity index (χ2v) is 3.68. The van der Waals surface area contributed by atoms with Gasteiger partial charge in [0.25, 0.3) is 0 Å². The van der Waals surface area contributed by atoms with Gasteiger partial charge >= 0.3 is 0 Å². The van der Waals surface area contributed by atoms with Gasteiger partial charge in [-0.15, -0.1) is 11.6 Å². The average molecular weight is 250 g/mol. The molecule has 0 spiro atoms. The molecule has 0 bridgehead atoms. The molecule has 0 fully saturated rings. The maximum absolute atomic E-state index is 13.4. The first-order valence-electron chi connectivity index (χ1n) is 4.97. The van der Waals surface area contributed by atoms with Crippen molar-refractivity contribution in [2.45, 2.75) is 13.0 Å². The van der Waals surface area contributed by atoms with Crippen LogP contribution >= 0.6 is 11.6 Å². The molecule has 1 rings (SSSR count). The zero-order chi connectivity index (χ0) is 12.0. The number of nitrogens with one attached hydrogen (secondary N) is 1. The fourth-order valence-corrected chi connectivity index (χ4v) is 1.41. The Bertz CT molecular complexity index is 347. The summed E-state index contributed by atoms with van der Waals surface area (Å²) in [5, 5.41) is 2.98. The molecular formula is C11H14ClF2NO. The Hall–Kier alpha value is -0.870. The first kappa shape index (κ1) is 13.2. The van der Waals surface area contributed by atoms with Crippen LogP contribution in [0.4, 0.5) is 8.78 Å². The molecule has 0 aliphatic rings. The zero-order valence-corrected chi connectivity index (χ0v) is 9.78. The quantitative estimate of drug-likeness (QED) is 0.618. The molecule has 0 aliphatic carbocycles. The van der Waals surface area contributed by atoms with Gasteiger partial charge in [0.15, 0.2) is 11.6 Å². The van der Waals surface area contributed by atoms with Crippen molar-refractivity contribution in [3.05, 3.63) is 29.3 Å². The third-order valence-electron chi connectivity index (χ3n) is 2.12. The van der Waals surface area contributed by atoms with Crippen molar-refractivity contribution in [2.24, 2.45) is 0 Å². The van der Waals surface area contributed by atoms with Crippen molar-refractivity contribution in [1.82, 2.24) is 5.32 Å². The van der Waals surface area contributed by atoms with Crippen LogP contribution in [0.3, 0.4) is 0 Å². The summed E-state index contributed by atoms with van der Waals surface area (Å²) in [5.41, 5.74) is 0.285. The fraction of sp³-hybridized carbons (Fsp3) is 0.455. The Kier molecular flexibility index (Phi) is 5.49. The molecule has 16 heavy (non-hydrogen) atoms. The van der Waals surface area contributed by atoms with E-state index in [0.29, 0.717) is 12.4 Å². The number of ether oxygens (including phenoxy) is 1. The van der Waals surface area contributed by atoms with E-state index in [1.165, 1.54) is 7.11 Å². The lowest BCUT2D eigenvalue weighted by molar-refractivity contribution is 0.381. The van der Waals surface area contributed by atoms with E-state index >= 15 is 0 Å². The molecule has 0 atom stereocenters. The molecule has 0 amide bonds. The summed E-state index contributed by atoms with van der Waals surface area (Å²) in [5.74, 6) is -0.566. The van der Waals surface area contributed by atoms with Gasteiger partial charge < -0.3 is 10.1 Å². The molecule has 5 heteroatoms. The molecular weight excluding hydrogens is 236 g/mol. The maximum Gasteiger partial charge on any atom is 0.165 e. The number of methoxy groups -OCH3 is 1. The van der Waals surface area contributed by atoms with Crippen LogP contribution in [-0.2, 0) is 6.54 Å². The van der Waals surface area contributed by atoms with E-state index in [4.69, 9.17) is 11.6 Å². The van der Waals surface area contributed by atoms with E-state index < -0.39 is 11.6 Å². The van der Waals surface area contributed by atoms with Crippen molar-refractivity contribution in [2.75, 3.05) is 19.5 Å². The van der Waals surface area contributed by atoms with Gasteiger partial charge in [0.05, 0.1) is 7.11 Å². The molecule has 0 aliphatic heterocycles. The second kappa shape index (κ2) is 6.66. The van der Waals surface area contributed by atoms with Crippen molar-refractivity contribution < 1.29 is 13.5 Å². The largest absolute Gasteiger partial charge is 0.494 e. The number of halogens is 3. The van der Waals surface area contributed by atoms with Crippen molar-refractivity contribution >= 4 is 11.6 Å². The highest BCUT2D eigenvalue weighted by molar-refractivity contribution is 6.17. The minimum absolute atomic E-state index is 0.0815. The van der Waals surface area contributed by atoms with Crippen molar-refractivity contribution in [1.29, 1.82) is 0 Å². The van der Waals surface area contributed by atoms with E-state index in [0.717, 1.165) is 18.6 Å². The van der Waals surface area contributed by atoms with Crippen LogP contribution in [0.5, 0.6) is 5.75 Å². The summed E-state index contributed by atoms with van der Waals surface area (Å²) in [4.78, 5) is 0. The van der Waals surface area contributed by atoms with Crippen LogP contribution in [0.15, 0.2) is 12.1 Å². The van der Waals surface area contributed by atoms with E-state index in [1.807, 2.05) is 0 Å². The van der Waals surface area contributed by atoms with Gasteiger partial charge in [-0.05, 0) is 19.0 Å². The molecule has 2 nitrogen and oxygen atoms in total. The Balaban J connectivity index is 2.63. The van der Waals surface area contributed by atoms with Gasteiger partial charge in [-0.2, -0.15) is 0 Å². The topological polar surface area (TPSA) is 21.3 Å².